The summed E-state index contributed by atoms with van der Waals surface area (Å²) in [5.41, 5.74) is 6.36. The lowest BCUT2D eigenvalue weighted by molar-refractivity contribution is 0.0850. The fourth-order valence-corrected chi connectivity index (χ4v) is 4.54. The summed E-state index contributed by atoms with van der Waals surface area (Å²) in [4.78, 5) is 6.49. The average Bonchev–Trinajstić information content (AvgIpc) is 2.54. The van der Waals surface area contributed by atoms with E-state index in [0.717, 1.165) is 25.1 Å². The Kier molecular flexibility index (Phi) is 4.26. The number of sulfonamides is 1. The molecule has 7 heteroatoms. The zero-order chi connectivity index (χ0) is 14.9. The van der Waals surface area contributed by atoms with E-state index < -0.39 is 10.0 Å². The van der Waals surface area contributed by atoms with Crippen molar-refractivity contribution in [2.75, 3.05) is 26.2 Å². The monoisotopic (exact) mass is 310 g/mol. The molecule has 0 aliphatic carbocycles. The molecule has 6 nitrogen and oxygen atoms in total. The summed E-state index contributed by atoms with van der Waals surface area (Å²) < 4.78 is 26.9. The fourth-order valence-electron chi connectivity index (χ4n) is 3.16. The topological polar surface area (TPSA) is 79.5 Å². The first-order chi connectivity index (χ1) is 10.1. The van der Waals surface area contributed by atoms with Crippen molar-refractivity contribution in [3.63, 3.8) is 0 Å². The quantitative estimate of drug-likeness (QED) is 0.874. The minimum absolute atomic E-state index is 0.129. The molecule has 21 heavy (non-hydrogen) atoms. The number of aromatic nitrogens is 1. The average molecular weight is 310 g/mol. The van der Waals surface area contributed by atoms with Crippen LogP contribution in [0.15, 0.2) is 23.4 Å². The third-order valence-electron chi connectivity index (χ3n) is 4.44. The van der Waals surface area contributed by atoms with Crippen LogP contribution in [0.3, 0.4) is 0 Å². The van der Waals surface area contributed by atoms with Crippen LogP contribution < -0.4 is 5.73 Å². The van der Waals surface area contributed by atoms with Crippen LogP contribution in [-0.2, 0) is 16.6 Å². The first-order valence-electron chi connectivity index (χ1n) is 7.50. The summed E-state index contributed by atoms with van der Waals surface area (Å²) >= 11 is 0. The van der Waals surface area contributed by atoms with Crippen molar-refractivity contribution in [3.05, 3.63) is 23.9 Å². The standard InChI is InChI=1S/C14H22N4O2S/c15-9-12-4-5-14(16-10-12)21(19,20)18-8-7-17-6-2-1-3-13(17)11-18/h4-5,10,13H,1-3,6-9,11,15H2. The van der Waals surface area contributed by atoms with E-state index in [9.17, 15) is 8.42 Å². The van der Waals surface area contributed by atoms with Crippen molar-refractivity contribution >= 4 is 10.0 Å². The molecule has 2 N–H and O–H groups in total. The van der Waals surface area contributed by atoms with Gasteiger partial charge in [0.2, 0.25) is 0 Å². The highest BCUT2D eigenvalue weighted by atomic mass is 32.2. The number of rotatable bonds is 3. The van der Waals surface area contributed by atoms with Gasteiger partial charge in [-0.1, -0.05) is 12.5 Å². The zero-order valence-corrected chi connectivity index (χ0v) is 12.9. The molecule has 3 rings (SSSR count). The third kappa shape index (κ3) is 2.96. The molecule has 0 bridgehead atoms. The summed E-state index contributed by atoms with van der Waals surface area (Å²) in [7, 11) is -3.48. The van der Waals surface area contributed by atoms with E-state index in [1.165, 1.54) is 12.8 Å². The lowest BCUT2D eigenvalue weighted by atomic mass is 10.0. The smallest absolute Gasteiger partial charge is 0.260 e. The molecule has 2 aliphatic rings. The van der Waals surface area contributed by atoms with Gasteiger partial charge in [0.15, 0.2) is 5.03 Å². The van der Waals surface area contributed by atoms with Gasteiger partial charge >= 0.3 is 0 Å². The maximum absolute atomic E-state index is 12.7. The molecule has 1 unspecified atom stereocenters. The number of nitrogens with zero attached hydrogens (tertiary/aromatic N) is 3. The lowest BCUT2D eigenvalue weighted by Crippen LogP contribution is -2.56. The highest BCUT2D eigenvalue weighted by Gasteiger charge is 2.35. The molecule has 116 valence electrons. The molecule has 0 amide bonds. The lowest BCUT2D eigenvalue weighted by Gasteiger charge is -2.43. The van der Waals surface area contributed by atoms with Gasteiger partial charge in [0.1, 0.15) is 0 Å². The molecule has 2 aliphatic heterocycles. The van der Waals surface area contributed by atoms with Crippen LogP contribution in [0.25, 0.3) is 0 Å². The van der Waals surface area contributed by atoms with Gasteiger partial charge in [-0.2, -0.15) is 4.31 Å². The molecular weight excluding hydrogens is 288 g/mol. The van der Waals surface area contributed by atoms with Gasteiger partial charge in [-0.25, -0.2) is 13.4 Å². The number of pyridine rings is 1. The molecule has 1 aromatic rings. The van der Waals surface area contributed by atoms with Crippen molar-refractivity contribution in [2.24, 2.45) is 5.73 Å². The Balaban J connectivity index is 1.78. The van der Waals surface area contributed by atoms with E-state index in [2.05, 4.69) is 9.88 Å². The molecule has 3 heterocycles. The van der Waals surface area contributed by atoms with Crippen molar-refractivity contribution in [1.29, 1.82) is 0 Å². The van der Waals surface area contributed by atoms with Gasteiger partial charge in [0, 0.05) is 38.4 Å². The molecule has 1 atom stereocenters. The summed E-state index contributed by atoms with van der Waals surface area (Å²) in [6.07, 6.45) is 5.05. The second-order valence-corrected chi connectivity index (χ2v) is 7.64. The van der Waals surface area contributed by atoms with Crippen molar-refractivity contribution < 1.29 is 8.42 Å². The highest BCUT2D eigenvalue weighted by molar-refractivity contribution is 7.89. The van der Waals surface area contributed by atoms with Gasteiger partial charge in [0.25, 0.3) is 10.0 Å². The Labute approximate surface area is 126 Å². The van der Waals surface area contributed by atoms with Gasteiger partial charge < -0.3 is 5.73 Å². The first kappa shape index (κ1) is 14.9. The largest absolute Gasteiger partial charge is 0.326 e. The Hall–Kier alpha value is -1.02. The zero-order valence-electron chi connectivity index (χ0n) is 12.1. The third-order valence-corrected chi connectivity index (χ3v) is 6.22. The van der Waals surface area contributed by atoms with E-state index in [1.54, 1.807) is 22.6 Å². The molecule has 2 saturated heterocycles. The van der Waals surface area contributed by atoms with Crippen LogP contribution in [-0.4, -0.2) is 54.8 Å². The highest BCUT2D eigenvalue weighted by Crippen LogP contribution is 2.24. The fraction of sp³-hybridized carbons (Fsp3) is 0.643. The van der Waals surface area contributed by atoms with Crippen LogP contribution in [0.1, 0.15) is 24.8 Å². The SMILES string of the molecule is NCc1ccc(S(=O)(=O)N2CCN3CCCCC3C2)nc1. The van der Waals surface area contributed by atoms with Gasteiger partial charge in [-0.05, 0) is 31.0 Å². The number of piperidine rings is 1. The minimum atomic E-state index is -3.48. The molecule has 0 spiro atoms. The van der Waals surface area contributed by atoms with E-state index >= 15 is 0 Å². The van der Waals surface area contributed by atoms with Crippen LogP contribution in [0, 0.1) is 0 Å². The predicted octanol–water partition coefficient (Wildman–Crippen LogP) is 0.399. The minimum Gasteiger partial charge on any atom is -0.326 e. The molecule has 1 aromatic heterocycles. The van der Waals surface area contributed by atoms with E-state index in [4.69, 9.17) is 5.73 Å². The molecule has 0 aromatic carbocycles. The number of fused-ring (bicyclic) bond motifs is 1. The molecular formula is C14H22N4O2S. The first-order valence-corrected chi connectivity index (χ1v) is 8.94. The Bertz CT molecular complexity index is 587. The number of hydrogen-bond donors (Lipinski definition) is 1. The second-order valence-electron chi connectivity index (χ2n) is 5.76. The van der Waals surface area contributed by atoms with E-state index in [1.807, 2.05) is 0 Å². The summed E-state index contributed by atoms with van der Waals surface area (Å²) in [5, 5.41) is 0.129. The predicted molar refractivity (Wildman–Crippen MR) is 80.1 cm³/mol. The van der Waals surface area contributed by atoms with Gasteiger partial charge in [-0.15, -0.1) is 0 Å². The van der Waals surface area contributed by atoms with Crippen LogP contribution >= 0.6 is 0 Å². The van der Waals surface area contributed by atoms with Crippen LogP contribution in [0.5, 0.6) is 0 Å². The van der Waals surface area contributed by atoms with Gasteiger partial charge in [-0.3, -0.25) is 4.90 Å². The maximum atomic E-state index is 12.7. The second kappa shape index (κ2) is 6.00. The molecule has 2 fully saturated rings. The summed E-state index contributed by atoms with van der Waals surface area (Å²) in [6, 6.07) is 3.66. The van der Waals surface area contributed by atoms with E-state index in [0.29, 0.717) is 25.7 Å². The molecule has 0 saturated carbocycles. The Morgan fingerprint density at radius 1 is 1.24 bits per heavy atom. The van der Waals surface area contributed by atoms with Crippen LogP contribution in [0.2, 0.25) is 0 Å². The number of nitrogens with two attached hydrogens (primary N) is 1. The van der Waals surface area contributed by atoms with Crippen molar-refractivity contribution in [2.45, 2.75) is 36.9 Å². The Morgan fingerprint density at radius 2 is 2.10 bits per heavy atom. The van der Waals surface area contributed by atoms with Crippen molar-refractivity contribution in [3.8, 4) is 0 Å². The van der Waals surface area contributed by atoms with Gasteiger partial charge in [0.05, 0.1) is 0 Å². The summed E-state index contributed by atoms with van der Waals surface area (Å²) in [5.74, 6) is 0. The van der Waals surface area contributed by atoms with E-state index in [-0.39, 0.29) is 5.03 Å². The normalized spacial score (nSPS) is 24.7. The number of hydrogen-bond acceptors (Lipinski definition) is 5. The maximum Gasteiger partial charge on any atom is 0.260 e. The molecule has 0 radical (unpaired) electrons. The van der Waals surface area contributed by atoms with Crippen molar-refractivity contribution in [1.82, 2.24) is 14.2 Å². The summed E-state index contributed by atoms with van der Waals surface area (Å²) in [6.45, 7) is 3.43. The Morgan fingerprint density at radius 3 is 2.81 bits per heavy atom. The van der Waals surface area contributed by atoms with Crippen LogP contribution in [0.4, 0.5) is 0 Å². The number of piperazine rings is 1.